The third-order valence-electron chi connectivity index (χ3n) is 4.40. The topological polar surface area (TPSA) is 76.0 Å². The molecule has 0 aliphatic rings. The van der Waals surface area contributed by atoms with Gasteiger partial charge in [-0.2, -0.15) is 0 Å². The molecule has 0 saturated carbocycles. The highest BCUT2D eigenvalue weighted by atomic mass is 16.6. The highest BCUT2D eigenvalue weighted by molar-refractivity contribution is 5.49. The number of aryl methyl sites for hydroxylation is 1. The zero-order chi connectivity index (χ0) is 21.0. The maximum Gasteiger partial charge on any atom is 0.160 e. The fourth-order valence-electron chi connectivity index (χ4n) is 3.35. The Kier molecular flexibility index (Phi) is 10.9. The third kappa shape index (κ3) is 13.0. The van der Waals surface area contributed by atoms with Crippen LogP contribution in [0.5, 0.6) is 0 Å². The molecule has 0 bridgehead atoms. The minimum absolute atomic E-state index is 0.0439. The Morgan fingerprint density at radius 2 is 1.36 bits per heavy atom. The van der Waals surface area contributed by atoms with Gasteiger partial charge in [-0.3, -0.25) is 0 Å². The van der Waals surface area contributed by atoms with E-state index in [1.807, 2.05) is 18.2 Å². The van der Waals surface area contributed by atoms with E-state index in [2.05, 4.69) is 12.1 Å². The van der Waals surface area contributed by atoms with Gasteiger partial charge in [0.25, 0.3) is 0 Å². The Hall–Kier alpha value is -1.27. The lowest BCUT2D eigenvalue weighted by Gasteiger charge is -2.28. The van der Waals surface area contributed by atoms with E-state index in [1.54, 1.807) is 27.7 Å². The number of carbonyl (C=O) groups excluding carboxylic acids is 1. The van der Waals surface area contributed by atoms with Gasteiger partial charge >= 0.3 is 0 Å². The summed E-state index contributed by atoms with van der Waals surface area (Å²) < 4.78 is 11.5. The molecule has 1 rings (SSSR count). The zero-order valence-electron chi connectivity index (χ0n) is 17.9. The largest absolute Gasteiger partial charge is 0.366 e. The highest BCUT2D eigenvalue weighted by Crippen LogP contribution is 2.22. The van der Waals surface area contributed by atoms with Crippen molar-refractivity contribution in [3.63, 3.8) is 0 Å². The lowest BCUT2D eigenvalue weighted by Crippen LogP contribution is -2.32. The molecule has 0 heterocycles. The molecule has 0 aromatic heterocycles. The van der Waals surface area contributed by atoms with Gasteiger partial charge in [-0.1, -0.05) is 30.3 Å². The third-order valence-corrected chi connectivity index (χ3v) is 4.40. The van der Waals surface area contributed by atoms with E-state index >= 15 is 0 Å². The maximum absolute atomic E-state index is 10.7. The standard InChI is InChI=1S/C23H38O5/c1-22(2,25)27-20(14-8-13-19-11-6-5-7-12-19)15-9-16-21(17-10-18-24)28-23(3,4)26/h5-7,11-12,18,20-21,25-26H,8-10,13-17H2,1-4H3. The van der Waals surface area contributed by atoms with Gasteiger partial charge < -0.3 is 24.5 Å². The molecule has 0 aliphatic carbocycles. The normalized spacial score (nSPS) is 14.6. The van der Waals surface area contributed by atoms with E-state index in [4.69, 9.17) is 9.47 Å². The van der Waals surface area contributed by atoms with Crippen LogP contribution in [0.4, 0.5) is 0 Å². The fraction of sp³-hybridized carbons (Fsp3) is 0.696. The van der Waals surface area contributed by atoms with Crippen LogP contribution in [-0.2, 0) is 20.7 Å². The number of rotatable bonds is 15. The first-order chi connectivity index (χ1) is 13.1. The number of ether oxygens (including phenoxy) is 2. The molecule has 160 valence electrons. The molecule has 1 aromatic carbocycles. The fourth-order valence-corrected chi connectivity index (χ4v) is 3.35. The monoisotopic (exact) mass is 394 g/mol. The Morgan fingerprint density at radius 1 is 0.857 bits per heavy atom. The lowest BCUT2D eigenvalue weighted by atomic mass is 10.00. The van der Waals surface area contributed by atoms with Crippen molar-refractivity contribution in [2.75, 3.05) is 0 Å². The Bertz CT molecular complexity index is 530. The second-order valence-electron chi connectivity index (χ2n) is 8.43. The first-order valence-corrected chi connectivity index (χ1v) is 10.4. The molecular formula is C23H38O5. The van der Waals surface area contributed by atoms with Crippen LogP contribution in [0.1, 0.15) is 78.2 Å². The Labute approximate surface area is 170 Å². The molecule has 5 nitrogen and oxygen atoms in total. The summed E-state index contributed by atoms with van der Waals surface area (Å²) >= 11 is 0. The van der Waals surface area contributed by atoms with Crippen molar-refractivity contribution in [3.8, 4) is 0 Å². The molecule has 5 heteroatoms. The molecular weight excluding hydrogens is 356 g/mol. The molecule has 0 aliphatic heterocycles. The molecule has 2 N–H and O–H groups in total. The molecule has 0 saturated heterocycles. The molecule has 0 amide bonds. The smallest absolute Gasteiger partial charge is 0.160 e. The number of carbonyl (C=O) groups is 1. The van der Waals surface area contributed by atoms with Crippen molar-refractivity contribution in [2.45, 2.75) is 103 Å². The van der Waals surface area contributed by atoms with Crippen LogP contribution in [0.2, 0.25) is 0 Å². The van der Waals surface area contributed by atoms with E-state index in [0.717, 1.165) is 44.8 Å². The molecule has 0 fully saturated rings. The van der Waals surface area contributed by atoms with Crippen molar-refractivity contribution < 1.29 is 24.5 Å². The molecule has 28 heavy (non-hydrogen) atoms. The van der Waals surface area contributed by atoms with Crippen molar-refractivity contribution in [1.82, 2.24) is 0 Å². The Balaban J connectivity index is 2.50. The summed E-state index contributed by atoms with van der Waals surface area (Å²) in [6.07, 6.45) is 6.89. The quantitative estimate of drug-likeness (QED) is 0.341. The summed E-state index contributed by atoms with van der Waals surface area (Å²) in [7, 11) is 0. The first kappa shape index (κ1) is 24.8. The van der Waals surface area contributed by atoms with E-state index in [0.29, 0.717) is 12.8 Å². The average Bonchev–Trinajstić information content (AvgIpc) is 2.57. The number of hydrogen-bond acceptors (Lipinski definition) is 5. The Morgan fingerprint density at radius 3 is 1.86 bits per heavy atom. The van der Waals surface area contributed by atoms with Crippen LogP contribution in [0.3, 0.4) is 0 Å². The predicted molar refractivity (Wildman–Crippen MR) is 111 cm³/mol. The van der Waals surface area contributed by atoms with Gasteiger partial charge in [-0.05, 0) is 78.2 Å². The van der Waals surface area contributed by atoms with Crippen LogP contribution < -0.4 is 0 Å². The average molecular weight is 395 g/mol. The van der Waals surface area contributed by atoms with Crippen LogP contribution in [-0.4, -0.2) is 40.3 Å². The summed E-state index contributed by atoms with van der Waals surface area (Å²) in [6.45, 7) is 6.51. The number of aldehydes is 1. The maximum atomic E-state index is 10.7. The molecule has 0 spiro atoms. The van der Waals surface area contributed by atoms with Gasteiger partial charge in [-0.25, -0.2) is 0 Å². The van der Waals surface area contributed by atoms with Crippen LogP contribution in [0, 0.1) is 0 Å². The number of hydrogen-bond donors (Lipinski definition) is 2. The van der Waals surface area contributed by atoms with Crippen LogP contribution in [0.15, 0.2) is 30.3 Å². The number of benzene rings is 1. The van der Waals surface area contributed by atoms with E-state index in [-0.39, 0.29) is 12.2 Å². The van der Waals surface area contributed by atoms with E-state index < -0.39 is 11.6 Å². The van der Waals surface area contributed by atoms with Crippen molar-refractivity contribution in [3.05, 3.63) is 35.9 Å². The van der Waals surface area contributed by atoms with E-state index in [1.165, 1.54) is 5.56 Å². The van der Waals surface area contributed by atoms with Gasteiger partial charge in [0.1, 0.15) is 6.29 Å². The minimum Gasteiger partial charge on any atom is -0.366 e. The highest BCUT2D eigenvalue weighted by Gasteiger charge is 2.23. The van der Waals surface area contributed by atoms with Gasteiger partial charge in [0.05, 0.1) is 12.2 Å². The van der Waals surface area contributed by atoms with Crippen molar-refractivity contribution >= 4 is 6.29 Å². The van der Waals surface area contributed by atoms with Crippen molar-refractivity contribution in [2.24, 2.45) is 0 Å². The van der Waals surface area contributed by atoms with Crippen LogP contribution in [0.25, 0.3) is 0 Å². The minimum atomic E-state index is -1.22. The predicted octanol–water partition coefficient (Wildman–Crippen LogP) is 4.39. The van der Waals surface area contributed by atoms with Gasteiger partial charge in [0.2, 0.25) is 0 Å². The summed E-state index contributed by atoms with van der Waals surface area (Å²) in [5.41, 5.74) is 1.30. The van der Waals surface area contributed by atoms with Gasteiger partial charge in [-0.15, -0.1) is 0 Å². The lowest BCUT2D eigenvalue weighted by molar-refractivity contribution is -0.213. The number of aliphatic hydroxyl groups is 2. The molecule has 0 radical (unpaired) electrons. The van der Waals surface area contributed by atoms with Gasteiger partial charge in [0, 0.05) is 6.42 Å². The van der Waals surface area contributed by atoms with E-state index in [9.17, 15) is 15.0 Å². The summed E-state index contributed by atoms with van der Waals surface area (Å²) in [4.78, 5) is 10.7. The molecule has 2 atom stereocenters. The summed E-state index contributed by atoms with van der Waals surface area (Å²) in [6, 6.07) is 10.3. The van der Waals surface area contributed by atoms with Crippen molar-refractivity contribution in [1.29, 1.82) is 0 Å². The molecule has 1 aromatic rings. The summed E-state index contributed by atoms with van der Waals surface area (Å²) in [5.74, 6) is -2.38. The second-order valence-corrected chi connectivity index (χ2v) is 8.43. The van der Waals surface area contributed by atoms with Gasteiger partial charge in [0.15, 0.2) is 11.6 Å². The first-order valence-electron chi connectivity index (χ1n) is 10.4. The zero-order valence-corrected chi connectivity index (χ0v) is 17.9. The summed E-state index contributed by atoms with van der Waals surface area (Å²) in [5, 5.41) is 20.0. The van der Waals surface area contributed by atoms with Crippen LogP contribution >= 0.6 is 0 Å². The SMILES string of the molecule is CC(C)(O)OC(CCC=O)CCCC(CCCc1ccccc1)OC(C)(C)O. The second kappa shape index (κ2) is 12.3. The molecule has 2 unspecified atom stereocenters.